The number of nitrogens with zero attached hydrogens (tertiary/aromatic N) is 2. The molecule has 1 aliphatic carbocycles. The highest BCUT2D eigenvalue weighted by atomic mass is 16.5. The smallest absolute Gasteiger partial charge is 0.253 e. The molecule has 0 N–H and O–H groups in total. The second kappa shape index (κ2) is 7.75. The molecular weight excluding hydrogens is 340 g/mol. The maximum Gasteiger partial charge on any atom is 0.253 e. The molecule has 4 rings (SSSR count). The van der Waals surface area contributed by atoms with Crippen LogP contribution in [0.5, 0.6) is 5.75 Å². The largest absolute Gasteiger partial charge is 0.494 e. The summed E-state index contributed by atoms with van der Waals surface area (Å²) in [5.74, 6) is 3.08. The number of likely N-dealkylation sites (tertiary alicyclic amines) is 1. The molecule has 0 unspecified atom stereocenters. The molecule has 1 aromatic carbocycles. The van der Waals surface area contributed by atoms with E-state index in [2.05, 4.69) is 12.1 Å². The lowest BCUT2D eigenvalue weighted by Gasteiger charge is -2.31. The molecule has 1 atom stereocenters. The quantitative estimate of drug-likeness (QED) is 0.811. The summed E-state index contributed by atoms with van der Waals surface area (Å²) in [5.41, 5.74) is 3.24. The van der Waals surface area contributed by atoms with Gasteiger partial charge in [0.15, 0.2) is 0 Å². The Morgan fingerprint density at radius 2 is 1.96 bits per heavy atom. The van der Waals surface area contributed by atoms with Crippen molar-refractivity contribution in [2.75, 3.05) is 19.7 Å². The van der Waals surface area contributed by atoms with Crippen molar-refractivity contribution in [1.82, 2.24) is 10.1 Å². The molecule has 27 heavy (non-hydrogen) atoms. The van der Waals surface area contributed by atoms with Crippen molar-refractivity contribution in [3.05, 3.63) is 46.8 Å². The fraction of sp³-hybridized carbons (Fsp3) is 0.545. The van der Waals surface area contributed by atoms with Gasteiger partial charge in [0.1, 0.15) is 11.5 Å². The van der Waals surface area contributed by atoms with Crippen LogP contribution in [0.15, 0.2) is 28.8 Å². The first-order valence-electron chi connectivity index (χ1n) is 10.1. The lowest BCUT2D eigenvalue weighted by molar-refractivity contribution is 0.0705. The van der Waals surface area contributed by atoms with Crippen LogP contribution in [-0.2, 0) is 12.8 Å². The number of aromatic nitrogens is 1. The lowest BCUT2D eigenvalue weighted by Crippen LogP contribution is -2.38. The van der Waals surface area contributed by atoms with Gasteiger partial charge in [0.2, 0.25) is 0 Å². The van der Waals surface area contributed by atoms with Crippen LogP contribution in [0.2, 0.25) is 0 Å². The van der Waals surface area contributed by atoms with Gasteiger partial charge in [-0.2, -0.15) is 0 Å². The number of fused-ring (bicyclic) bond motifs is 1. The van der Waals surface area contributed by atoms with Crippen LogP contribution < -0.4 is 4.74 Å². The number of ether oxygens (including phenoxy) is 1. The molecule has 0 bridgehead atoms. The highest BCUT2D eigenvalue weighted by Crippen LogP contribution is 2.36. The van der Waals surface area contributed by atoms with E-state index in [9.17, 15) is 4.79 Å². The van der Waals surface area contributed by atoms with Gasteiger partial charge >= 0.3 is 0 Å². The third kappa shape index (κ3) is 3.73. The molecule has 0 saturated carbocycles. The normalized spacial score (nSPS) is 20.4. The highest BCUT2D eigenvalue weighted by molar-refractivity contribution is 5.94. The zero-order valence-corrected chi connectivity index (χ0v) is 16.2. The number of amides is 1. The summed E-state index contributed by atoms with van der Waals surface area (Å²) >= 11 is 0. The SMILES string of the molecule is CCOc1ccc(C(=O)N2CCC(c3onc4c3C[C@@H](C)CC4)CC2)cc1. The number of carbonyl (C=O) groups is 1. The van der Waals surface area contributed by atoms with Crippen LogP contribution >= 0.6 is 0 Å². The van der Waals surface area contributed by atoms with Gasteiger partial charge in [0.05, 0.1) is 12.3 Å². The van der Waals surface area contributed by atoms with E-state index >= 15 is 0 Å². The Balaban J connectivity index is 1.39. The number of piperidine rings is 1. The maximum atomic E-state index is 12.8. The van der Waals surface area contributed by atoms with Crippen LogP contribution in [-0.4, -0.2) is 35.7 Å². The number of carbonyl (C=O) groups excluding carboxylic acids is 1. The van der Waals surface area contributed by atoms with Crippen molar-refractivity contribution in [1.29, 1.82) is 0 Å². The Morgan fingerprint density at radius 1 is 1.22 bits per heavy atom. The number of benzene rings is 1. The molecule has 0 spiro atoms. The zero-order chi connectivity index (χ0) is 18.8. The zero-order valence-electron chi connectivity index (χ0n) is 16.2. The molecule has 2 heterocycles. The van der Waals surface area contributed by atoms with Gasteiger partial charge in [-0.25, -0.2) is 0 Å². The van der Waals surface area contributed by atoms with E-state index in [4.69, 9.17) is 9.26 Å². The summed E-state index contributed by atoms with van der Waals surface area (Å²) in [6.07, 6.45) is 5.21. The molecule has 1 fully saturated rings. The predicted octanol–water partition coefficient (Wildman–Crippen LogP) is 4.22. The summed E-state index contributed by atoms with van der Waals surface area (Å²) in [4.78, 5) is 14.7. The summed E-state index contributed by atoms with van der Waals surface area (Å²) in [7, 11) is 0. The molecular formula is C22H28N2O3. The van der Waals surface area contributed by atoms with Crippen molar-refractivity contribution in [2.45, 2.75) is 51.9 Å². The number of hydrogen-bond acceptors (Lipinski definition) is 4. The minimum atomic E-state index is 0.102. The van der Waals surface area contributed by atoms with E-state index in [0.29, 0.717) is 18.4 Å². The number of rotatable bonds is 4. The van der Waals surface area contributed by atoms with Crippen LogP contribution in [0.4, 0.5) is 0 Å². The maximum absolute atomic E-state index is 12.8. The van der Waals surface area contributed by atoms with Crippen molar-refractivity contribution in [3.8, 4) is 5.75 Å². The molecule has 5 heteroatoms. The minimum absolute atomic E-state index is 0.102. The Kier molecular flexibility index (Phi) is 5.19. The second-order valence-electron chi connectivity index (χ2n) is 7.84. The van der Waals surface area contributed by atoms with Crippen molar-refractivity contribution in [3.63, 3.8) is 0 Å². The van der Waals surface area contributed by atoms with Crippen LogP contribution in [0.1, 0.15) is 66.4 Å². The van der Waals surface area contributed by atoms with Crippen LogP contribution in [0.3, 0.4) is 0 Å². The fourth-order valence-corrected chi connectivity index (χ4v) is 4.31. The molecule has 2 aliphatic rings. The summed E-state index contributed by atoms with van der Waals surface area (Å²) < 4.78 is 11.2. The van der Waals surface area contributed by atoms with Crippen LogP contribution in [0.25, 0.3) is 0 Å². The van der Waals surface area contributed by atoms with E-state index in [1.807, 2.05) is 36.1 Å². The Bertz CT molecular complexity index is 788. The predicted molar refractivity (Wildman–Crippen MR) is 103 cm³/mol. The first-order valence-corrected chi connectivity index (χ1v) is 10.1. The van der Waals surface area contributed by atoms with Crippen molar-refractivity contribution >= 4 is 5.91 Å². The molecule has 1 amide bonds. The summed E-state index contributed by atoms with van der Waals surface area (Å²) in [6, 6.07) is 7.44. The lowest BCUT2D eigenvalue weighted by atomic mass is 9.83. The average Bonchev–Trinajstić information content (AvgIpc) is 3.11. The minimum Gasteiger partial charge on any atom is -0.494 e. The van der Waals surface area contributed by atoms with Crippen LogP contribution in [0, 0.1) is 5.92 Å². The Morgan fingerprint density at radius 3 is 2.67 bits per heavy atom. The van der Waals surface area contributed by atoms with E-state index < -0.39 is 0 Å². The van der Waals surface area contributed by atoms with Gasteiger partial charge in [0.25, 0.3) is 5.91 Å². The van der Waals surface area contributed by atoms with Crippen molar-refractivity contribution < 1.29 is 14.1 Å². The molecule has 144 valence electrons. The topological polar surface area (TPSA) is 55.6 Å². The molecule has 5 nitrogen and oxygen atoms in total. The average molecular weight is 368 g/mol. The summed E-state index contributed by atoms with van der Waals surface area (Å²) in [5, 5.41) is 4.32. The van der Waals surface area contributed by atoms with Gasteiger partial charge < -0.3 is 14.2 Å². The first kappa shape index (κ1) is 18.1. The van der Waals surface area contributed by atoms with Gasteiger partial charge in [0, 0.05) is 30.1 Å². The molecule has 1 aromatic heterocycles. The van der Waals surface area contributed by atoms with E-state index in [1.165, 1.54) is 12.0 Å². The van der Waals surface area contributed by atoms with E-state index in [1.54, 1.807) is 0 Å². The monoisotopic (exact) mass is 368 g/mol. The molecule has 0 radical (unpaired) electrons. The summed E-state index contributed by atoms with van der Waals surface area (Å²) in [6.45, 7) is 6.42. The van der Waals surface area contributed by atoms with Gasteiger partial charge in [-0.15, -0.1) is 0 Å². The second-order valence-corrected chi connectivity index (χ2v) is 7.84. The molecule has 1 aliphatic heterocycles. The third-order valence-electron chi connectivity index (χ3n) is 5.89. The standard InChI is InChI=1S/C22H28N2O3/c1-3-26-18-7-5-17(6-8-18)22(25)24-12-10-16(11-13-24)21-19-14-15(2)4-9-20(19)23-27-21/h5-8,15-16H,3-4,9-14H2,1-2H3/t15-/m0/s1. The van der Waals surface area contributed by atoms with Crippen molar-refractivity contribution in [2.24, 2.45) is 5.92 Å². The van der Waals surface area contributed by atoms with Gasteiger partial charge in [-0.05, 0) is 69.2 Å². The molecule has 1 saturated heterocycles. The van der Waals surface area contributed by atoms with E-state index in [-0.39, 0.29) is 5.91 Å². The number of aryl methyl sites for hydroxylation is 1. The first-order chi connectivity index (χ1) is 13.2. The fourth-order valence-electron chi connectivity index (χ4n) is 4.31. The van der Waals surface area contributed by atoms with Gasteiger partial charge in [-0.1, -0.05) is 12.1 Å². The Labute approximate surface area is 160 Å². The highest BCUT2D eigenvalue weighted by Gasteiger charge is 2.31. The number of hydrogen-bond donors (Lipinski definition) is 0. The Hall–Kier alpha value is -2.30. The third-order valence-corrected chi connectivity index (χ3v) is 5.89. The van der Waals surface area contributed by atoms with E-state index in [0.717, 1.165) is 61.5 Å². The van der Waals surface area contributed by atoms with Gasteiger partial charge in [-0.3, -0.25) is 4.79 Å². The molecule has 2 aromatic rings.